The number of aromatic amines is 1. The fraction of sp³-hybridized carbons (Fsp3) is 0.286. The molecule has 4 N–H and O–H groups in total. The van der Waals surface area contributed by atoms with E-state index in [0.717, 1.165) is 0 Å². The van der Waals surface area contributed by atoms with Gasteiger partial charge in [-0.15, -0.1) is 0 Å². The van der Waals surface area contributed by atoms with E-state index >= 15 is 0 Å². The highest BCUT2D eigenvalue weighted by molar-refractivity contribution is 9.10. The molecule has 1 aromatic heterocycles. The van der Waals surface area contributed by atoms with E-state index in [0.29, 0.717) is 5.82 Å². The normalized spacial score (nSPS) is 12.1. The molecule has 0 aliphatic rings. The van der Waals surface area contributed by atoms with Gasteiger partial charge in [0.15, 0.2) is 0 Å². The van der Waals surface area contributed by atoms with Crippen LogP contribution in [0, 0.1) is 0 Å². The maximum Gasteiger partial charge on any atom is 0.267 e. The van der Waals surface area contributed by atoms with Crippen LogP contribution >= 0.6 is 15.9 Å². The second-order valence-corrected chi connectivity index (χ2v) is 3.46. The topological polar surface area (TPSA) is 101 Å². The summed E-state index contributed by atoms with van der Waals surface area (Å²) >= 11 is 3.04. The van der Waals surface area contributed by atoms with Crippen LogP contribution in [0.3, 0.4) is 0 Å². The maximum atomic E-state index is 11.1. The molecule has 6 nitrogen and oxygen atoms in total. The molecule has 0 bridgehead atoms. The lowest BCUT2D eigenvalue weighted by Gasteiger charge is -2.10. The summed E-state index contributed by atoms with van der Waals surface area (Å²) in [5.41, 5.74) is 4.72. The Kier molecular flexibility index (Phi) is 3.23. The second kappa shape index (κ2) is 4.23. The minimum atomic E-state index is -0.583. The average molecular weight is 261 g/mol. The van der Waals surface area contributed by atoms with Gasteiger partial charge >= 0.3 is 0 Å². The van der Waals surface area contributed by atoms with E-state index in [1.165, 1.54) is 6.33 Å². The molecule has 14 heavy (non-hydrogen) atoms. The van der Waals surface area contributed by atoms with Crippen molar-refractivity contribution in [2.75, 3.05) is 5.32 Å². The SMILES string of the molecule is CC(Nc1nc[nH]c(=O)c1Br)C(N)=O. The van der Waals surface area contributed by atoms with Gasteiger partial charge in [0.2, 0.25) is 5.91 Å². The molecule has 1 rings (SSSR count). The molecule has 1 atom stereocenters. The lowest BCUT2D eigenvalue weighted by Crippen LogP contribution is -2.33. The van der Waals surface area contributed by atoms with Crippen molar-refractivity contribution >= 4 is 27.7 Å². The van der Waals surface area contributed by atoms with Crippen LogP contribution in [0.4, 0.5) is 5.82 Å². The molecule has 0 aromatic carbocycles. The van der Waals surface area contributed by atoms with Gasteiger partial charge in [-0.05, 0) is 22.9 Å². The van der Waals surface area contributed by atoms with Gasteiger partial charge in [-0.3, -0.25) is 9.59 Å². The van der Waals surface area contributed by atoms with Crippen LogP contribution in [-0.2, 0) is 4.79 Å². The number of hydrogen-bond donors (Lipinski definition) is 3. The monoisotopic (exact) mass is 260 g/mol. The van der Waals surface area contributed by atoms with Gasteiger partial charge in [0, 0.05) is 0 Å². The Morgan fingerprint density at radius 3 is 3.00 bits per heavy atom. The molecule has 0 fully saturated rings. The molecule has 1 aromatic rings. The van der Waals surface area contributed by atoms with E-state index in [1.807, 2.05) is 0 Å². The minimum absolute atomic E-state index is 0.244. The third-order valence-corrected chi connectivity index (χ3v) is 2.31. The summed E-state index contributed by atoms with van der Waals surface area (Å²) < 4.78 is 0.244. The number of anilines is 1. The number of nitrogens with two attached hydrogens (primary N) is 1. The Balaban J connectivity index is 2.92. The zero-order valence-corrected chi connectivity index (χ0v) is 8.96. The highest BCUT2D eigenvalue weighted by Gasteiger charge is 2.12. The van der Waals surface area contributed by atoms with Crippen molar-refractivity contribution < 1.29 is 4.79 Å². The Hall–Kier alpha value is -1.37. The van der Waals surface area contributed by atoms with Crippen molar-refractivity contribution in [3.05, 3.63) is 21.2 Å². The lowest BCUT2D eigenvalue weighted by molar-refractivity contribution is -0.118. The van der Waals surface area contributed by atoms with Crippen molar-refractivity contribution in [1.29, 1.82) is 0 Å². The summed E-state index contributed by atoms with van der Waals surface area (Å²) in [5, 5.41) is 2.70. The molecule has 0 saturated carbocycles. The first-order valence-electron chi connectivity index (χ1n) is 3.81. The standard InChI is InChI=1S/C7H9BrN4O2/c1-3(5(9)13)12-6-4(8)7(14)11-2-10-6/h2-3H,1H3,(H2,9,13)(H2,10,11,12,14). The molecule has 0 aliphatic carbocycles. The Bertz CT molecular complexity index is 403. The van der Waals surface area contributed by atoms with Gasteiger partial charge in [-0.1, -0.05) is 0 Å². The molecule has 0 saturated heterocycles. The largest absolute Gasteiger partial charge is 0.368 e. The number of rotatable bonds is 3. The van der Waals surface area contributed by atoms with Gasteiger partial charge in [0.1, 0.15) is 16.3 Å². The number of aromatic nitrogens is 2. The Morgan fingerprint density at radius 1 is 1.79 bits per heavy atom. The first-order valence-corrected chi connectivity index (χ1v) is 4.60. The quantitative estimate of drug-likeness (QED) is 0.702. The molecule has 1 amide bonds. The van der Waals surface area contributed by atoms with Crippen molar-refractivity contribution in [1.82, 2.24) is 9.97 Å². The van der Waals surface area contributed by atoms with Gasteiger partial charge in [-0.25, -0.2) is 4.98 Å². The number of primary amides is 1. The van der Waals surface area contributed by atoms with Crippen LogP contribution in [-0.4, -0.2) is 21.9 Å². The van der Waals surface area contributed by atoms with Crippen molar-refractivity contribution in [2.45, 2.75) is 13.0 Å². The fourth-order valence-corrected chi connectivity index (χ4v) is 1.09. The molecule has 0 radical (unpaired) electrons. The molecule has 1 heterocycles. The van der Waals surface area contributed by atoms with Crippen LogP contribution in [0.5, 0.6) is 0 Å². The number of nitrogens with one attached hydrogen (secondary N) is 2. The van der Waals surface area contributed by atoms with Crippen LogP contribution in [0.15, 0.2) is 15.6 Å². The van der Waals surface area contributed by atoms with Crippen molar-refractivity contribution in [2.24, 2.45) is 5.73 Å². The first kappa shape index (κ1) is 10.7. The number of carbonyl (C=O) groups excluding carboxylic acids is 1. The van der Waals surface area contributed by atoms with E-state index < -0.39 is 11.9 Å². The predicted octanol–water partition coefficient (Wildman–Crippen LogP) is -0.182. The van der Waals surface area contributed by atoms with Crippen LogP contribution < -0.4 is 16.6 Å². The lowest BCUT2D eigenvalue weighted by atomic mass is 10.3. The van der Waals surface area contributed by atoms with Crippen LogP contribution in [0.1, 0.15) is 6.92 Å². The van der Waals surface area contributed by atoms with Gasteiger partial charge in [0.25, 0.3) is 5.56 Å². The third-order valence-electron chi connectivity index (χ3n) is 1.58. The van der Waals surface area contributed by atoms with E-state index in [4.69, 9.17) is 5.73 Å². The smallest absolute Gasteiger partial charge is 0.267 e. The highest BCUT2D eigenvalue weighted by Crippen LogP contribution is 2.13. The summed E-state index contributed by atoms with van der Waals surface area (Å²) in [6.45, 7) is 1.58. The summed E-state index contributed by atoms with van der Waals surface area (Å²) in [4.78, 5) is 28.0. The predicted molar refractivity (Wildman–Crippen MR) is 54.8 cm³/mol. The zero-order valence-electron chi connectivity index (χ0n) is 7.37. The summed E-state index contributed by atoms with van der Waals surface area (Å²) in [7, 11) is 0. The zero-order chi connectivity index (χ0) is 10.7. The Labute approximate surface area is 88.0 Å². The number of halogens is 1. The number of nitrogens with zero attached hydrogens (tertiary/aromatic N) is 1. The van der Waals surface area contributed by atoms with Gasteiger partial charge < -0.3 is 16.0 Å². The molecule has 0 spiro atoms. The average Bonchev–Trinajstić information content (AvgIpc) is 2.12. The van der Waals surface area contributed by atoms with E-state index in [2.05, 4.69) is 31.2 Å². The molecule has 1 unspecified atom stereocenters. The van der Waals surface area contributed by atoms with E-state index in [1.54, 1.807) is 6.92 Å². The molecule has 7 heteroatoms. The van der Waals surface area contributed by atoms with E-state index in [-0.39, 0.29) is 10.0 Å². The first-order chi connectivity index (χ1) is 6.52. The van der Waals surface area contributed by atoms with Gasteiger partial charge in [-0.2, -0.15) is 0 Å². The summed E-state index contributed by atoms with van der Waals surface area (Å²) in [6.07, 6.45) is 1.24. The molecular formula is C7H9BrN4O2. The minimum Gasteiger partial charge on any atom is -0.368 e. The second-order valence-electron chi connectivity index (χ2n) is 2.66. The molecular weight excluding hydrogens is 252 g/mol. The fourth-order valence-electron chi connectivity index (χ4n) is 0.760. The Morgan fingerprint density at radius 2 is 2.43 bits per heavy atom. The van der Waals surface area contributed by atoms with Crippen molar-refractivity contribution in [3.63, 3.8) is 0 Å². The number of H-pyrrole nitrogens is 1. The molecule has 0 aliphatic heterocycles. The summed E-state index contributed by atoms with van der Waals surface area (Å²) in [5.74, 6) is -0.223. The van der Waals surface area contributed by atoms with Crippen LogP contribution in [0.2, 0.25) is 0 Å². The number of amides is 1. The van der Waals surface area contributed by atoms with E-state index in [9.17, 15) is 9.59 Å². The maximum absolute atomic E-state index is 11.1. The van der Waals surface area contributed by atoms with Crippen molar-refractivity contribution in [3.8, 4) is 0 Å². The number of carbonyl (C=O) groups is 1. The third kappa shape index (κ3) is 2.32. The summed E-state index contributed by atoms with van der Waals surface area (Å²) in [6, 6.07) is -0.583. The van der Waals surface area contributed by atoms with Gasteiger partial charge in [0.05, 0.1) is 6.33 Å². The van der Waals surface area contributed by atoms with Crippen LogP contribution in [0.25, 0.3) is 0 Å². The number of hydrogen-bond acceptors (Lipinski definition) is 4. The molecule has 76 valence electrons. The highest BCUT2D eigenvalue weighted by atomic mass is 79.9.